The molecule has 4 nitrogen and oxygen atoms in total. The molecule has 0 aromatic heterocycles. The molecule has 20 heavy (non-hydrogen) atoms. The van der Waals surface area contributed by atoms with Gasteiger partial charge in [0, 0.05) is 13.1 Å². The number of rotatable bonds is 4. The Hall–Kier alpha value is -1.36. The third-order valence-electron chi connectivity index (χ3n) is 3.79. The number of carbonyl (C=O) groups excluding carboxylic acids is 1. The Kier molecular flexibility index (Phi) is 4.48. The summed E-state index contributed by atoms with van der Waals surface area (Å²) in [5.41, 5.74) is 1.76. The summed E-state index contributed by atoms with van der Waals surface area (Å²) in [6, 6.07) is 5.31. The molecule has 2 rings (SSSR count). The monoisotopic (exact) mass is 295 g/mol. The molecule has 0 N–H and O–H groups in total. The van der Waals surface area contributed by atoms with Gasteiger partial charge in [-0.15, -0.1) is 0 Å². The van der Waals surface area contributed by atoms with E-state index in [1.807, 2.05) is 19.9 Å². The van der Waals surface area contributed by atoms with Crippen LogP contribution in [0.3, 0.4) is 0 Å². The van der Waals surface area contributed by atoms with Crippen LogP contribution in [-0.4, -0.2) is 38.1 Å². The second kappa shape index (κ2) is 5.95. The van der Waals surface area contributed by atoms with Crippen LogP contribution in [0, 0.1) is 0 Å². The quantitative estimate of drug-likeness (QED) is 0.851. The fourth-order valence-corrected chi connectivity index (χ4v) is 4.25. The maximum atomic E-state index is 12.1. The van der Waals surface area contributed by atoms with Crippen LogP contribution in [0.4, 0.5) is 0 Å². The summed E-state index contributed by atoms with van der Waals surface area (Å²) < 4.78 is 23.9. The van der Waals surface area contributed by atoms with Crippen molar-refractivity contribution in [2.75, 3.05) is 18.8 Å². The minimum Gasteiger partial charge on any atom is -0.343 e. The number of aryl methyl sites for hydroxylation is 1. The number of hydrogen-bond acceptors (Lipinski definition) is 3. The van der Waals surface area contributed by atoms with Gasteiger partial charge in [-0.3, -0.25) is 4.79 Å². The third kappa shape index (κ3) is 3.03. The maximum absolute atomic E-state index is 12.1. The van der Waals surface area contributed by atoms with Crippen molar-refractivity contribution in [2.45, 2.75) is 38.0 Å². The normalized spacial score (nSPS) is 16.5. The largest absolute Gasteiger partial charge is 0.343 e. The molecule has 110 valence electrons. The van der Waals surface area contributed by atoms with E-state index in [2.05, 4.69) is 0 Å². The molecule has 0 bridgehead atoms. The Balaban J connectivity index is 2.22. The molecule has 0 saturated heterocycles. The van der Waals surface area contributed by atoms with Gasteiger partial charge in [0.2, 0.25) is 5.91 Å². The number of fused-ring (bicyclic) bond motifs is 1. The van der Waals surface area contributed by atoms with Crippen LogP contribution in [0.15, 0.2) is 23.1 Å². The van der Waals surface area contributed by atoms with Crippen LogP contribution in [-0.2, 0) is 27.5 Å². The van der Waals surface area contributed by atoms with Crippen LogP contribution in [0.5, 0.6) is 0 Å². The number of sulfone groups is 1. The summed E-state index contributed by atoms with van der Waals surface area (Å²) >= 11 is 0. The molecule has 0 unspecified atom stereocenters. The molecule has 1 aliphatic heterocycles. The third-order valence-corrected chi connectivity index (χ3v) is 5.69. The molecule has 0 radical (unpaired) electrons. The topological polar surface area (TPSA) is 54.5 Å². The van der Waals surface area contributed by atoms with Gasteiger partial charge in [-0.2, -0.15) is 0 Å². The van der Waals surface area contributed by atoms with Gasteiger partial charge in [-0.25, -0.2) is 8.42 Å². The molecule has 0 aliphatic carbocycles. The molecule has 1 heterocycles. The van der Waals surface area contributed by atoms with E-state index in [1.54, 1.807) is 17.0 Å². The Morgan fingerprint density at radius 2 is 1.95 bits per heavy atom. The predicted octanol–water partition coefficient (Wildman–Crippen LogP) is 1.82. The van der Waals surface area contributed by atoms with Gasteiger partial charge in [0.25, 0.3) is 0 Å². The Labute approximate surface area is 120 Å². The van der Waals surface area contributed by atoms with E-state index in [1.165, 1.54) is 0 Å². The summed E-state index contributed by atoms with van der Waals surface area (Å²) in [7, 11) is -3.11. The highest BCUT2D eigenvalue weighted by Gasteiger charge is 2.23. The number of carbonyl (C=O) groups is 1. The molecule has 1 aromatic rings. The van der Waals surface area contributed by atoms with Crippen molar-refractivity contribution in [3.05, 3.63) is 29.3 Å². The number of benzene rings is 1. The van der Waals surface area contributed by atoms with Gasteiger partial charge in [-0.05, 0) is 43.9 Å². The minimum atomic E-state index is -3.11. The highest BCUT2D eigenvalue weighted by atomic mass is 32.2. The standard InChI is InChI=1S/C15H21NO3S/c1-3-16(4-2)15(17)11-12-7-8-14-13(10-12)6-5-9-20(14,18)19/h7-8,10H,3-6,9,11H2,1-2H3. The van der Waals surface area contributed by atoms with E-state index < -0.39 is 9.84 Å². The minimum absolute atomic E-state index is 0.0913. The van der Waals surface area contributed by atoms with Crippen molar-refractivity contribution in [1.29, 1.82) is 0 Å². The van der Waals surface area contributed by atoms with E-state index in [4.69, 9.17) is 0 Å². The zero-order valence-electron chi connectivity index (χ0n) is 12.1. The van der Waals surface area contributed by atoms with E-state index in [0.29, 0.717) is 30.8 Å². The first-order chi connectivity index (χ1) is 9.47. The second-order valence-electron chi connectivity index (χ2n) is 5.11. The number of likely N-dealkylation sites (N-methyl/N-ethyl adjacent to an activating group) is 1. The molecular formula is C15H21NO3S. The summed E-state index contributed by atoms with van der Waals surface area (Å²) in [5.74, 6) is 0.325. The molecule has 1 aliphatic rings. The lowest BCUT2D eigenvalue weighted by Gasteiger charge is -2.20. The van der Waals surface area contributed by atoms with Gasteiger partial charge in [0.05, 0.1) is 17.1 Å². The zero-order valence-corrected chi connectivity index (χ0v) is 12.9. The Morgan fingerprint density at radius 1 is 1.25 bits per heavy atom. The fraction of sp³-hybridized carbons (Fsp3) is 0.533. The van der Waals surface area contributed by atoms with Gasteiger partial charge >= 0.3 is 0 Å². The highest BCUT2D eigenvalue weighted by Crippen LogP contribution is 2.26. The molecule has 0 spiro atoms. The van der Waals surface area contributed by atoms with Crippen molar-refractivity contribution < 1.29 is 13.2 Å². The van der Waals surface area contributed by atoms with Crippen LogP contribution < -0.4 is 0 Å². The maximum Gasteiger partial charge on any atom is 0.226 e. The molecule has 1 amide bonds. The van der Waals surface area contributed by atoms with Crippen molar-refractivity contribution in [1.82, 2.24) is 4.90 Å². The molecule has 0 atom stereocenters. The van der Waals surface area contributed by atoms with Crippen LogP contribution in [0.25, 0.3) is 0 Å². The molecular weight excluding hydrogens is 274 g/mol. The van der Waals surface area contributed by atoms with Gasteiger partial charge < -0.3 is 4.90 Å². The lowest BCUT2D eigenvalue weighted by atomic mass is 10.0. The molecule has 1 aromatic carbocycles. The number of nitrogens with zero attached hydrogens (tertiary/aromatic N) is 1. The van der Waals surface area contributed by atoms with Crippen LogP contribution >= 0.6 is 0 Å². The first kappa shape index (κ1) is 15.0. The smallest absolute Gasteiger partial charge is 0.226 e. The first-order valence-corrected chi connectivity index (χ1v) is 8.75. The summed E-state index contributed by atoms with van der Waals surface area (Å²) in [4.78, 5) is 14.3. The van der Waals surface area contributed by atoms with Crippen LogP contribution in [0.2, 0.25) is 0 Å². The summed E-state index contributed by atoms with van der Waals surface area (Å²) in [6.07, 6.45) is 1.79. The average Bonchev–Trinajstić information content (AvgIpc) is 2.39. The second-order valence-corrected chi connectivity index (χ2v) is 7.18. The van der Waals surface area contributed by atoms with Crippen molar-refractivity contribution in [2.24, 2.45) is 0 Å². The summed E-state index contributed by atoms with van der Waals surface area (Å²) in [6.45, 7) is 5.32. The van der Waals surface area contributed by atoms with E-state index in [0.717, 1.165) is 17.5 Å². The van der Waals surface area contributed by atoms with Crippen LogP contribution in [0.1, 0.15) is 31.4 Å². The molecule has 5 heteroatoms. The average molecular weight is 295 g/mol. The summed E-state index contributed by atoms with van der Waals surface area (Å²) in [5, 5.41) is 0. The predicted molar refractivity (Wildman–Crippen MR) is 78.4 cm³/mol. The molecule has 0 fully saturated rings. The Morgan fingerprint density at radius 3 is 2.60 bits per heavy atom. The number of amides is 1. The SMILES string of the molecule is CCN(CC)C(=O)Cc1ccc2c(c1)CCCS2(=O)=O. The zero-order chi connectivity index (χ0) is 14.8. The van der Waals surface area contributed by atoms with Gasteiger partial charge in [0.1, 0.15) is 0 Å². The Bertz CT molecular complexity index is 604. The highest BCUT2D eigenvalue weighted by molar-refractivity contribution is 7.91. The van der Waals surface area contributed by atoms with Gasteiger partial charge in [-0.1, -0.05) is 12.1 Å². The molecule has 0 saturated carbocycles. The first-order valence-electron chi connectivity index (χ1n) is 7.10. The van der Waals surface area contributed by atoms with E-state index in [9.17, 15) is 13.2 Å². The van der Waals surface area contributed by atoms with Crippen molar-refractivity contribution in [3.63, 3.8) is 0 Å². The van der Waals surface area contributed by atoms with Crippen molar-refractivity contribution >= 4 is 15.7 Å². The lowest BCUT2D eigenvalue weighted by molar-refractivity contribution is -0.130. The van der Waals surface area contributed by atoms with Crippen molar-refractivity contribution in [3.8, 4) is 0 Å². The van der Waals surface area contributed by atoms with Gasteiger partial charge in [0.15, 0.2) is 9.84 Å². The van der Waals surface area contributed by atoms with E-state index >= 15 is 0 Å². The fourth-order valence-electron chi connectivity index (χ4n) is 2.67. The van der Waals surface area contributed by atoms with E-state index in [-0.39, 0.29) is 11.7 Å². The lowest BCUT2D eigenvalue weighted by Crippen LogP contribution is -2.31. The number of hydrogen-bond donors (Lipinski definition) is 0.